The first-order valence-electron chi connectivity index (χ1n) is 13.6. The third-order valence-electron chi connectivity index (χ3n) is 5.65. The minimum absolute atomic E-state index is 0.292. The lowest BCUT2D eigenvalue weighted by atomic mass is 10.0. The zero-order valence-electron chi connectivity index (χ0n) is 22.7. The molecule has 0 spiro atoms. The van der Waals surface area contributed by atoms with Crippen molar-refractivity contribution in [3.8, 4) is 0 Å². The zero-order chi connectivity index (χ0) is 25.7. The van der Waals surface area contributed by atoms with Gasteiger partial charge in [-0.2, -0.15) is 0 Å². The molecule has 4 N–H and O–H groups in total. The molecule has 0 aliphatic carbocycles. The van der Waals surface area contributed by atoms with Crippen LogP contribution >= 0.6 is 0 Å². The van der Waals surface area contributed by atoms with Gasteiger partial charge in [0.2, 0.25) is 0 Å². The number of likely N-dealkylation sites (N-methyl/N-ethyl adjacent to an activating group) is 1. The molecule has 0 bridgehead atoms. The van der Waals surface area contributed by atoms with Gasteiger partial charge in [0.05, 0.1) is 0 Å². The van der Waals surface area contributed by atoms with E-state index in [1.54, 1.807) is 25.9 Å². The Morgan fingerprint density at radius 2 is 1.00 bits per heavy atom. The van der Waals surface area contributed by atoms with E-state index in [4.69, 9.17) is 15.9 Å². The molecule has 0 saturated carbocycles. The van der Waals surface area contributed by atoms with Crippen LogP contribution in [-0.4, -0.2) is 53.7 Å². The van der Waals surface area contributed by atoms with Crippen LogP contribution in [0.5, 0.6) is 0 Å². The minimum atomic E-state index is -0.782. The monoisotopic (exact) mass is 474 g/mol. The Bertz CT molecular complexity index is 388. The van der Waals surface area contributed by atoms with Gasteiger partial charge in [-0.15, -0.1) is 0 Å². The van der Waals surface area contributed by atoms with Crippen molar-refractivity contribution in [2.75, 3.05) is 20.6 Å². The van der Waals surface area contributed by atoms with Gasteiger partial charge in [0.15, 0.2) is 0 Å². The highest BCUT2D eigenvalue weighted by molar-refractivity contribution is 5.72. The molecule has 1 atom stereocenters. The van der Waals surface area contributed by atoms with Crippen LogP contribution in [-0.2, 0) is 9.59 Å². The van der Waals surface area contributed by atoms with Crippen molar-refractivity contribution >= 4 is 11.9 Å². The van der Waals surface area contributed by atoms with E-state index in [-0.39, 0.29) is 6.04 Å². The van der Waals surface area contributed by atoms with E-state index in [2.05, 4.69) is 6.92 Å². The predicted octanol–water partition coefficient (Wildman–Crippen LogP) is 7.10. The molecule has 0 aromatic carbocycles. The molecular weight excluding hydrogens is 416 g/mol. The fourth-order valence-corrected chi connectivity index (χ4v) is 3.13. The topological polar surface area (TPSA) is 104 Å². The number of rotatable bonds is 20. The first kappa shape index (κ1) is 36.4. The quantitative estimate of drug-likeness (QED) is 0.163. The number of nitrogens with zero attached hydrogens (tertiary/aromatic N) is 1. The Kier molecular flexibility index (Phi) is 34.1. The summed E-state index contributed by atoms with van der Waals surface area (Å²) in [5.74, 6) is -1.49. The molecule has 0 fully saturated rings. The Morgan fingerprint density at radius 1 is 0.667 bits per heavy atom. The van der Waals surface area contributed by atoms with E-state index in [0.717, 1.165) is 13.0 Å². The number of carbonyl (C=O) groups is 2. The van der Waals surface area contributed by atoms with Gasteiger partial charge in [0, 0.05) is 6.42 Å². The Morgan fingerprint density at radius 3 is 1.15 bits per heavy atom. The molecule has 0 aliphatic rings. The van der Waals surface area contributed by atoms with Crippen LogP contribution in [0.3, 0.4) is 0 Å². The van der Waals surface area contributed by atoms with Crippen LogP contribution < -0.4 is 5.73 Å². The van der Waals surface area contributed by atoms with Crippen molar-refractivity contribution in [1.29, 1.82) is 0 Å². The van der Waals surface area contributed by atoms with Crippen LogP contribution in [0.25, 0.3) is 0 Å². The average molecular weight is 475 g/mol. The molecule has 200 valence electrons. The Balaban J connectivity index is -0.000000525. The van der Waals surface area contributed by atoms with Crippen molar-refractivity contribution in [3.63, 3.8) is 0 Å². The van der Waals surface area contributed by atoms with E-state index < -0.39 is 11.9 Å². The lowest BCUT2D eigenvalue weighted by molar-refractivity contribution is -0.141. The number of carboxylic acid groups (broad SMARTS) is 2. The highest BCUT2D eigenvalue weighted by Crippen LogP contribution is 2.13. The summed E-state index contributed by atoms with van der Waals surface area (Å²) >= 11 is 0. The van der Waals surface area contributed by atoms with Gasteiger partial charge in [0.1, 0.15) is 6.04 Å². The maximum atomic E-state index is 10.1. The summed E-state index contributed by atoms with van der Waals surface area (Å²) in [5.41, 5.74) is 5.48. The molecular formula is C27H58N2O4. The molecule has 6 heteroatoms. The van der Waals surface area contributed by atoms with Crippen LogP contribution in [0, 0.1) is 0 Å². The fourth-order valence-electron chi connectivity index (χ4n) is 3.13. The van der Waals surface area contributed by atoms with Gasteiger partial charge < -0.3 is 15.9 Å². The summed E-state index contributed by atoms with van der Waals surface area (Å²) in [6.07, 6.45) is 23.9. The first-order chi connectivity index (χ1) is 15.7. The van der Waals surface area contributed by atoms with Crippen molar-refractivity contribution in [2.45, 2.75) is 142 Å². The molecule has 0 aromatic heterocycles. The molecule has 33 heavy (non-hydrogen) atoms. The van der Waals surface area contributed by atoms with Crippen LogP contribution in [0.1, 0.15) is 136 Å². The summed E-state index contributed by atoms with van der Waals surface area (Å²) in [5, 5.41) is 16.2. The average Bonchev–Trinajstić information content (AvgIpc) is 2.76. The van der Waals surface area contributed by atoms with E-state index in [9.17, 15) is 9.59 Å². The van der Waals surface area contributed by atoms with Crippen LogP contribution in [0.15, 0.2) is 0 Å². The van der Waals surface area contributed by atoms with Gasteiger partial charge >= 0.3 is 11.9 Å². The summed E-state index contributed by atoms with van der Waals surface area (Å²) in [7, 11) is 3.47. The second-order valence-electron chi connectivity index (χ2n) is 9.21. The van der Waals surface area contributed by atoms with E-state index in [1.165, 1.54) is 103 Å². The SMILES string of the molecule is CC(C(=O)O)N(C)C.CCCC(=O)O.CCCCCCCCCCCCCCCCCCN. The van der Waals surface area contributed by atoms with Crippen molar-refractivity contribution in [3.05, 3.63) is 0 Å². The van der Waals surface area contributed by atoms with E-state index in [1.807, 2.05) is 6.92 Å². The third-order valence-corrected chi connectivity index (χ3v) is 5.65. The summed E-state index contributed by atoms with van der Waals surface area (Å²) < 4.78 is 0. The van der Waals surface area contributed by atoms with Gasteiger partial charge in [-0.25, -0.2) is 0 Å². The second-order valence-corrected chi connectivity index (χ2v) is 9.21. The third kappa shape index (κ3) is 38.4. The molecule has 0 aromatic rings. The molecule has 6 nitrogen and oxygen atoms in total. The number of unbranched alkanes of at least 4 members (excludes halogenated alkanes) is 15. The lowest BCUT2D eigenvalue weighted by Gasteiger charge is -2.13. The number of carboxylic acids is 2. The van der Waals surface area contributed by atoms with Crippen LogP contribution in [0.2, 0.25) is 0 Å². The fraction of sp³-hybridized carbons (Fsp3) is 0.926. The number of aliphatic carboxylic acids is 2. The van der Waals surface area contributed by atoms with Crippen molar-refractivity contribution in [1.82, 2.24) is 4.90 Å². The smallest absolute Gasteiger partial charge is 0.320 e. The minimum Gasteiger partial charge on any atom is -0.481 e. The normalized spacial score (nSPS) is 11.2. The largest absolute Gasteiger partial charge is 0.481 e. The predicted molar refractivity (Wildman–Crippen MR) is 142 cm³/mol. The van der Waals surface area contributed by atoms with Gasteiger partial charge in [0.25, 0.3) is 0 Å². The first-order valence-corrected chi connectivity index (χ1v) is 13.6. The van der Waals surface area contributed by atoms with Gasteiger partial charge in [-0.1, -0.05) is 110 Å². The molecule has 0 saturated heterocycles. The van der Waals surface area contributed by atoms with Crippen molar-refractivity contribution < 1.29 is 19.8 Å². The van der Waals surface area contributed by atoms with Crippen molar-refractivity contribution in [2.24, 2.45) is 5.73 Å². The maximum Gasteiger partial charge on any atom is 0.320 e. The summed E-state index contributed by atoms with van der Waals surface area (Å²) in [4.78, 5) is 21.3. The van der Waals surface area contributed by atoms with E-state index in [0.29, 0.717) is 6.42 Å². The molecule has 0 rings (SSSR count). The highest BCUT2D eigenvalue weighted by atomic mass is 16.4. The van der Waals surface area contributed by atoms with E-state index >= 15 is 0 Å². The van der Waals surface area contributed by atoms with Gasteiger partial charge in [-0.3, -0.25) is 14.5 Å². The number of nitrogens with two attached hydrogens (primary N) is 1. The Labute approximate surface area is 205 Å². The van der Waals surface area contributed by atoms with Crippen LogP contribution in [0.4, 0.5) is 0 Å². The molecule has 0 amide bonds. The standard InChI is InChI=1S/C18H39N.C5H11NO2.C4H8O2/c1-2-3-4-5-6-7-8-9-10-11-12-13-14-15-16-17-18-19;1-4(5(7)8)6(2)3;1-2-3-4(5)6/h2-19H2,1H3;4H,1-3H3,(H,7,8);2-3H2,1H3,(H,5,6). The zero-order valence-corrected chi connectivity index (χ0v) is 22.7. The molecule has 1 unspecified atom stereocenters. The molecule has 0 radical (unpaired) electrons. The molecule has 0 aliphatic heterocycles. The maximum absolute atomic E-state index is 10.1. The highest BCUT2D eigenvalue weighted by Gasteiger charge is 2.11. The summed E-state index contributed by atoms with van der Waals surface area (Å²) in [6, 6.07) is -0.380. The number of hydrogen-bond acceptors (Lipinski definition) is 4. The molecule has 0 heterocycles. The van der Waals surface area contributed by atoms with Gasteiger partial charge in [-0.05, 0) is 40.4 Å². The summed E-state index contributed by atoms with van der Waals surface area (Å²) in [6.45, 7) is 6.65. The second kappa shape index (κ2) is 30.9. The number of hydrogen-bond donors (Lipinski definition) is 3. The lowest BCUT2D eigenvalue weighted by Crippen LogP contribution is -2.32. The Hall–Kier alpha value is -1.14.